The molecule has 2 amide bonds. The molecule has 1 unspecified atom stereocenters. The highest BCUT2D eigenvalue weighted by Crippen LogP contribution is 2.44. The summed E-state index contributed by atoms with van der Waals surface area (Å²) < 4.78 is 10.6. The highest BCUT2D eigenvalue weighted by molar-refractivity contribution is 5.97. The van der Waals surface area contributed by atoms with Crippen LogP contribution in [0.5, 0.6) is 5.75 Å². The third-order valence-electron chi connectivity index (χ3n) is 6.42. The zero-order chi connectivity index (χ0) is 22.2. The van der Waals surface area contributed by atoms with Gasteiger partial charge in [0, 0.05) is 37.4 Å². The maximum Gasteiger partial charge on any atom is 0.289 e. The van der Waals surface area contributed by atoms with Crippen molar-refractivity contribution in [1.29, 1.82) is 0 Å². The number of benzene rings is 1. The number of furan rings is 1. The average Bonchev–Trinajstić information content (AvgIpc) is 3.28. The van der Waals surface area contributed by atoms with E-state index in [0.717, 1.165) is 23.4 Å². The van der Waals surface area contributed by atoms with Crippen molar-refractivity contribution in [2.45, 2.75) is 38.6 Å². The van der Waals surface area contributed by atoms with Crippen LogP contribution in [0.4, 0.5) is 5.69 Å². The standard InChI is InChI=1S/C24H31N3O4.ClH/c1-17-15-24(2,3)27(20-8-7-18(30-4)14-19(17)20)22(28)16-25-9-11-26(12-10-25)23(29)21-6-5-13-31-21;/h5-8,13-14,17H,9-12,15-16H2,1-4H3;1H. The molecule has 2 aromatic rings. The molecule has 1 aromatic heterocycles. The lowest BCUT2D eigenvalue weighted by Crippen LogP contribution is -2.56. The van der Waals surface area contributed by atoms with Crippen LogP contribution in [0, 0.1) is 0 Å². The van der Waals surface area contributed by atoms with E-state index in [2.05, 4.69) is 31.7 Å². The molecule has 3 heterocycles. The van der Waals surface area contributed by atoms with Gasteiger partial charge in [0.15, 0.2) is 5.76 Å². The van der Waals surface area contributed by atoms with Crippen LogP contribution in [0.25, 0.3) is 0 Å². The van der Waals surface area contributed by atoms with E-state index in [1.807, 2.05) is 17.0 Å². The molecular formula is C24H32ClN3O4. The van der Waals surface area contributed by atoms with Gasteiger partial charge >= 0.3 is 0 Å². The first-order valence-electron chi connectivity index (χ1n) is 10.9. The van der Waals surface area contributed by atoms with Crippen LogP contribution in [-0.2, 0) is 4.79 Å². The van der Waals surface area contributed by atoms with Gasteiger partial charge in [-0.2, -0.15) is 0 Å². The number of anilines is 1. The first kappa shape index (κ1) is 24.1. The molecule has 0 radical (unpaired) electrons. The predicted molar refractivity (Wildman–Crippen MR) is 126 cm³/mol. The number of carbonyl (C=O) groups is 2. The van der Waals surface area contributed by atoms with Crippen LogP contribution < -0.4 is 9.64 Å². The van der Waals surface area contributed by atoms with Gasteiger partial charge in [-0.1, -0.05) is 6.92 Å². The number of hydrogen-bond donors (Lipinski definition) is 0. The van der Waals surface area contributed by atoms with Crippen molar-refractivity contribution in [3.05, 3.63) is 47.9 Å². The Kier molecular flexibility index (Phi) is 7.20. The number of ether oxygens (including phenoxy) is 1. The summed E-state index contributed by atoms with van der Waals surface area (Å²) in [5.41, 5.74) is 1.86. The van der Waals surface area contributed by atoms with Crippen LogP contribution in [-0.4, -0.2) is 67.0 Å². The molecule has 174 valence electrons. The Morgan fingerprint density at radius 3 is 2.50 bits per heavy atom. The number of carbonyl (C=O) groups excluding carboxylic acids is 2. The number of rotatable bonds is 4. The topological polar surface area (TPSA) is 66.2 Å². The molecule has 32 heavy (non-hydrogen) atoms. The highest BCUT2D eigenvalue weighted by atomic mass is 35.5. The number of hydrogen-bond acceptors (Lipinski definition) is 5. The monoisotopic (exact) mass is 461 g/mol. The van der Waals surface area contributed by atoms with Crippen molar-refractivity contribution in [1.82, 2.24) is 9.80 Å². The van der Waals surface area contributed by atoms with Crippen molar-refractivity contribution < 1.29 is 18.7 Å². The van der Waals surface area contributed by atoms with E-state index in [9.17, 15) is 9.59 Å². The summed E-state index contributed by atoms with van der Waals surface area (Å²) >= 11 is 0. The lowest BCUT2D eigenvalue weighted by atomic mass is 9.80. The van der Waals surface area contributed by atoms with Gasteiger partial charge < -0.3 is 19.0 Å². The summed E-state index contributed by atoms with van der Waals surface area (Å²) in [4.78, 5) is 31.8. The second kappa shape index (κ2) is 9.55. The first-order valence-corrected chi connectivity index (χ1v) is 10.9. The van der Waals surface area contributed by atoms with Crippen LogP contribution in [0.2, 0.25) is 0 Å². The van der Waals surface area contributed by atoms with Crippen LogP contribution in [0.15, 0.2) is 41.0 Å². The van der Waals surface area contributed by atoms with Gasteiger partial charge in [0.2, 0.25) is 5.91 Å². The Labute approximate surface area is 195 Å². The molecule has 0 saturated carbocycles. The largest absolute Gasteiger partial charge is 0.497 e. The van der Waals surface area contributed by atoms with Gasteiger partial charge in [0.05, 0.1) is 19.9 Å². The zero-order valence-electron chi connectivity index (χ0n) is 19.2. The quantitative estimate of drug-likeness (QED) is 0.693. The summed E-state index contributed by atoms with van der Waals surface area (Å²) in [6, 6.07) is 9.38. The normalized spacial score (nSPS) is 20.3. The molecule has 0 spiro atoms. The zero-order valence-corrected chi connectivity index (χ0v) is 20.0. The minimum Gasteiger partial charge on any atom is -0.497 e. The first-order chi connectivity index (χ1) is 14.8. The summed E-state index contributed by atoms with van der Waals surface area (Å²) in [5, 5.41) is 0. The minimum absolute atomic E-state index is 0. The number of methoxy groups -OCH3 is 1. The van der Waals surface area contributed by atoms with Crippen molar-refractivity contribution in [3.8, 4) is 5.75 Å². The van der Waals surface area contributed by atoms with E-state index < -0.39 is 0 Å². The maximum atomic E-state index is 13.5. The lowest BCUT2D eigenvalue weighted by Gasteiger charge is -2.47. The number of piperazine rings is 1. The Balaban J connectivity index is 0.00000289. The molecule has 1 saturated heterocycles. The molecule has 2 aliphatic rings. The third kappa shape index (κ3) is 4.64. The van der Waals surface area contributed by atoms with Crippen molar-refractivity contribution in [2.24, 2.45) is 0 Å². The molecular weight excluding hydrogens is 430 g/mol. The molecule has 7 nitrogen and oxygen atoms in total. The van der Waals surface area contributed by atoms with E-state index in [-0.39, 0.29) is 29.8 Å². The van der Waals surface area contributed by atoms with Crippen molar-refractivity contribution >= 4 is 29.9 Å². The maximum absolute atomic E-state index is 13.5. The van der Waals surface area contributed by atoms with Gasteiger partial charge in [0.1, 0.15) is 5.75 Å². The molecule has 2 aliphatic heterocycles. The molecule has 0 N–H and O–H groups in total. The predicted octanol–water partition coefficient (Wildman–Crippen LogP) is 3.79. The average molecular weight is 462 g/mol. The smallest absolute Gasteiger partial charge is 0.289 e. The highest BCUT2D eigenvalue weighted by Gasteiger charge is 2.40. The number of nitrogens with zero attached hydrogens (tertiary/aromatic N) is 3. The number of amides is 2. The second-order valence-corrected chi connectivity index (χ2v) is 9.12. The molecule has 8 heteroatoms. The summed E-state index contributed by atoms with van der Waals surface area (Å²) in [6.07, 6.45) is 2.40. The van der Waals surface area contributed by atoms with E-state index in [0.29, 0.717) is 44.4 Å². The van der Waals surface area contributed by atoms with Gasteiger partial charge in [-0.15, -0.1) is 12.4 Å². The van der Waals surface area contributed by atoms with E-state index in [4.69, 9.17) is 9.15 Å². The summed E-state index contributed by atoms with van der Waals surface area (Å²) in [6.45, 7) is 9.31. The Hall–Kier alpha value is -2.51. The molecule has 1 fully saturated rings. The van der Waals surface area contributed by atoms with Gasteiger partial charge in [-0.25, -0.2) is 0 Å². The lowest BCUT2D eigenvalue weighted by molar-refractivity contribution is -0.121. The molecule has 1 atom stereocenters. The van der Waals surface area contributed by atoms with Crippen LogP contribution in [0.1, 0.15) is 49.2 Å². The van der Waals surface area contributed by atoms with Crippen molar-refractivity contribution in [3.63, 3.8) is 0 Å². The van der Waals surface area contributed by atoms with Gasteiger partial charge in [-0.3, -0.25) is 14.5 Å². The SMILES string of the molecule is COc1ccc2c(c1)C(C)CC(C)(C)N2C(=O)CN1CCN(C(=O)c2ccco2)CC1.Cl. The van der Waals surface area contributed by atoms with Crippen molar-refractivity contribution in [2.75, 3.05) is 44.7 Å². The Morgan fingerprint density at radius 2 is 1.88 bits per heavy atom. The van der Waals surface area contributed by atoms with Gasteiger partial charge in [-0.05, 0) is 62.1 Å². The second-order valence-electron chi connectivity index (χ2n) is 9.12. The van der Waals surface area contributed by atoms with Crippen LogP contribution >= 0.6 is 12.4 Å². The van der Waals surface area contributed by atoms with Crippen LogP contribution in [0.3, 0.4) is 0 Å². The molecule has 0 bridgehead atoms. The molecule has 4 rings (SSSR count). The Bertz CT molecular complexity index is 952. The fourth-order valence-electron chi connectivity index (χ4n) is 4.93. The molecule has 1 aromatic carbocycles. The number of halogens is 1. The van der Waals surface area contributed by atoms with E-state index >= 15 is 0 Å². The minimum atomic E-state index is -0.269. The van der Waals surface area contributed by atoms with E-state index in [1.54, 1.807) is 24.1 Å². The number of fused-ring (bicyclic) bond motifs is 1. The van der Waals surface area contributed by atoms with E-state index in [1.165, 1.54) is 6.26 Å². The fraction of sp³-hybridized carbons (Fsp3) is 0.500. The Morgan fingerprint density at radius 1 is 1.16 bits per heavy atom. The molecule has 0 aliphatic carbocycles. The van der Waals surface area contributed by atoms with Gasteiger partial charge in [0.25, 0.3) is 5.91 Å². The third-order valence-corrected chi connectivity index (χ3v) is 6.42. The summed E-state index contributed by atoms with van der Waals surface area (Å²) in [7, 11) is 1.67. The summed E-state index contributed by atoms with van der Waals surface area (Å²) in [5.74, 6) is 1.52. The fourth-order valence-corrected chi connectivity index (χ4v) is 4.93.